The number of hydrogen-bond acceptors (Lipinski definition) is 4. The molecular formula is C13H23N3O2S. The van der Waals surface area contributed by atoms with Crippen molar-refractivity contribution in [3.05, 3.63) is 24.3 Å². The van der Waals surface area contributed by atoms with Crippen molar-refractivity contribution >= 4 is 15.7 Å². The fourth-order valence-electron chi connectivity index (χ4n) is 1.78. The van der Waals surface area contributed by atoms with Crippen LogP contribution >= 0.6 is 0 Å². The molecule has 19 heavy (non-hydrogen) atoms. The number of hydrogen-bond donors (Lipinski definition) is 3. The van der Waals surface area contributed by atoms with Crippen molar-refractivity contribution < 1.29 is 8.42 Å². The molecule has 0 saturated heterocycles. The summed E-state index contributed by atoms with van der Waals surface area (Å²) in [7, 11) is -3.49. The highest BCUT2D eigenvalue weighted by Gasteiger charge is 2.19. The van der Waals surface area contributed by atoms with E-state index in [2.05, 4.69) is 10.0 Å². The second-order valence-electron chi connectivity index (χ2n) is 4.89. The van der Waals surface area contributed by atoms with Crippen LogP contribution in [0.15, 0.2) is 29.2 Å². The smallest absolute Gasteiger partial charge is 0.242 e. The zero-order chi connectivity index (χ0) is 14.5. The Hall–Kier alpha value is -1.11. The first-order valence-corrected chi connectivity index (χ1v) is 7.93. The fourth-order valence-corrected chi connectivity index (χ4v) is 3.20. The summed E-state index contributed by atoms with van der Waals surface area (Å²) in [5, 5.41) is 3.19. The molecule has 4 N–H and O–H groups in total. The first-order chi connectivity index (χ1) is 8.86. The number of anilines is 1. The van der Waals surface area contributed by atoms with Gasteiger partial charge in [-0.3, -0.25) is 0 Å². The number of nitrogens with one attached hydrogen (secondary N) is 2. The average molecular weight is 285 g/mol. The van der Waals surface area contributed by atoms with Gasteiger partial charge in [-0.05, 0) is 45.9 Å². The Morgan fingerprint density at radius 2 is 1.84 bits per heavy atom. The van der Waals surface area contributed by atoms with Gasteiger partial charge in [-0.25, -0.2) is 13.1 Å². The molecule has 1 aromatic rings. The summed E-state index contributed by atoms with van der Waals surface area (Å²) in [5.41, 5.74) is 6.11. The van der Waals surface area contributed by atoms with E-state index in [0.29, 0.717) is 12.2 Å². The number of para-hydroxylation sites is 1. The largest absolute Gasteiger partial charge is 0.381 e. The lowest BCUT2D eigenvalue weighted by atomic mass is 10.2. The summed E-state index contributed by atoms with van der Waals surface area (Å²) in [6.07, 6.45) is 0.784. The summed E-state index contributed by atoms with van der Waals surface area (Å²) in [4.78, 5) is 0.271. The molecule has 0 aliphatic carbocycles. The van der Waals surface area contributed by atoms with Crippen LogP contribution in [0.2, 0.25) is 0 Å². The molecule has 5 nitrogen and oxygen atoms in total. The minimum Gasteiger partial charge on any atom is -0.381 e. The van der Waals surface area contributed by atoms with Crippen LogP contribution in [0.5, 0.6) is 0 Å². The van der Waals surface area contributed by atoms with Gasteiger partial charge >= 0.3 is 0 Å². The lowest BCUT2D eigenvalue weighted by Gasteiger charge is -2.18. The van der Waals surface area contributed by atoms with E-state index in [4.69, 9.17) is 5.73 Å². The molecule has 0 aliphatic heterocycles. The Morgan fingerprint density at radius 3 is 2.42 bits per heavy atom. The van der Waals surface area contributed by atoms with Gasteiger partial charge in [0.1, 0.15) is 4.90 Å². The Labute approximate surface area is 115 Å². The fraction of sp³-hybridized carbons (Fsp3) is 0.538. The van der Waals surface area contributed by atoms with Crippen LogP contribution in [0.4, 0.5) is 5.69 Å². The molecule has 108 valence electrons. The van der Waals surface area contributed by atoms with Crippen molar-refractivity contribution in [1.29, 1.82) is 0 Å². The first-order valence-electron chi connectivity index (χ1n) is 6.44. The Kier molecular flexibility index (Phi) is 5.78. The second-order valence-corrected chi connectivity index (χ2v) is 6.58. The highest BCUT2D eigenvalue weighted by atomic mass is 32.2. The van der Waals surface area contributed by atoms with Crippen molar-refractivity contribution in [2.75, 3.05) is 11.9 Å². The third-order valence-electron chi connectivity index (χ3n) is 2.57. The Balaban J connectivity index is 3.02. The zero-order valence-corrected chi connectivity index (χ0v) is 12.5. The first kappa shape index (κ1) is 15.9. The van der Waals surface area contributed by atoms with E-state index in [1.807, 2.05) is 13.0 Å². The van der Waals surface area contributed by atoms with E-state index in [9.17, 15) is 8.42 Å². The molecule has 0 aliphatic rings. The monoisotopic (exact) mass is 285 g/mol. The number of nitrogens with two attached hydrogens (primary N) is 1. The normalized spacial score (nSPS) is 13.5. The molecule has 0 bridgehead atoms. The van der Waals surface area contributed by atoms with Crippen molar-refractivity contribution in [2.24, 2.45) is 5.73 Å². The van der Waals surface area contributed by atoms with E-state index in [1.54, 1.807) is 32.0 Å². The van der Waals surface area contributed by atoms with E-state index in [-0.39, 0.29) is 17.0 Å². The maximum absolute atomic E-state index is 12.2. The standard InChI is InChI=1S/C13H23N3O2S/c1-10(2)16-19(17,18)13-7-5-4-6-12(13)15-11(3)8-9-14/h4-7,10-11,15-16H,8-9,14H2,1-3H3. The quantitative estimate of drug-likeness (QED) is 0.709. The molecule has 1 aromatic carbocycles. The molecule has 1 rings (SSSR count). The SMILES string of the molecule is CC(C)NS(=O)(=O)c1ccccc1NC(C)CCN. The van der Waals surface area contributed by atoms with E-state index in [1.165, 1.54) is 0 Å². The molecule has 0 spiro atoms. The minimum atomic E-state index is -3.49. The molecule has 0 heterocycles. The predicted octanol–water partition coefficient (Wildman–Crippen LogP) is 1.52. The maximum Gasteiger partial charge on any atom is 0.242 e. The van der Waals surface area contributed by atoms with Crippen LogP contribution in [0, 0.1) is 0 Å². The average Bonchev–Trinajstić information content (AvgIpc) is 2.28. The maximum atomic E-state index is 12.2. The highest BCUT2D eigenvalue weighted by Crippen LogP contribution is 2.22. The lowest BCUT2D eigenvalue weighted by molar-refractivity contribution is 0.570. The van der Waals surface area contributed by atoms with Crippen LogP contribution in [-0.4, -0.2) is 27.0 Å². The van der Waals surface area contributed by atoms with Gasteiger partial charge in [0.05, 0.1) is 5.69 Å². The van der Waals surface area contributed by atoms with Crippen LogP contribution in [0.3, 0.4) is 0 Å². The van der Waals surface area contributed by atoms with Crippen molar-refractivity contribution in [1.82, 2.24) is 4.72 Å². The predicted molar refractivity (Wildman–Crippen MR) is 78.7 cm³/mol. The molecule has 6 heteroatoms. The molecule has 0 amide bonds. The molecule has 0 aromatic heterocycles. The molecule has 1 atom stereocenters. The molecule has 1 unspecified atom stereocenters. The van der Waals surface area contributed by atoms with Crippen molar-refractivity contribution in [3.63, 3.8) is 0 Å². The molecule has 0 radical (unpaired) electrons. The molecule has 0 fully saturated rings. The summed E-state index contributed by atoms with van der Waals surface area (Å²) in [6, 6.07) is 6.88. The van der Waals surface area contributed by atoms with Crippen molar-refractivity contribution in [3.8, 4) is 0 Å². The number of rotatable bonds is 7. The summed E-state index contributed by atoms with van der Waals surface area (Å²) in [6.45, 7) is 6.13. The van der Waals surface area contributed by atoms with Gasteiger partial charge in [0.2, 0.25) is 10.0 Å². The van der Waals surface area contributed by atoms with Crippen LogP contribution < -0.4 is 15.8 Å². The Bertz CT molecular complexity index is 500. The topological polar surface area (TPSA) is 84.2 Å². The van der Waals surface area contributed by atoms with Gasteiger partial charge in [0, 0.05) is 12.1 Å². The third kappa shape index (κ3) is 4.81. The highest BCUT2D eigenvalue weighted by molar-refractivity contribution is 7.89. The van der Waals surface area contributed by atoms with E-state index >= 15 is 0 Å². The summed E-state index contributed by atoms with van der Waals surface area (Å²) < 4.78 is 27.0. The van der Waals surface area contributed by atoms with E-state index in [0.717, 1.165) is 6.42 Å². The lowest BCUT2D eigenvalue weighted by Crippen LogP contribution is -2.31. The van der Waals surface area contributed by atoms with Gasteiger partial charge < -0.3 is 11.1 Å². The van der Waals surface area contributed by atoms with Gasteiger partial charge in [-0.1, -0.05) is 12.1 Å². The molecule has 0 saturated carbocycles. The van der Waals surface area contributed by atoms with Gasteiger partial charge in [-0.2, -0.15) is 0 Å². The van der Waals surface area contributed by atoms with Gasteiger partial charge in [0.25, 0.3) is 0 Å². The van der Waals surface area contributed by atoms with Gasteiger partial charge in [0.15, 0.2) is 0 Å². The number of sulfonamides is 1. The second kappa shape index (κ2) is 6.88. The number of benzene rings is 1. The van der Waals surface area contributed by atoms with Crippen LogP contribution in [0.25, 0.3) is 0 Å². The summed E-state index contributed by atoms with van der Waals surface area (Å²) in [5.74, 6) is 0. The summed E-state index contributed by atoms with van der Waals surface area (Å²) >= 11 is 0. The molecular weight excluding hydrogens is 262 g/mol. The minimum absolute atomic E-state index is 0.125. The third-order valence-corrected chi connectivity index (χ3v) is 4.29. The van der Waals surface area contributed by atoms with Crippen LogP contribution in [-0.2, 0) is 10.0 Å². The van der Waals surface area contributed by atoms with Gasteiger partial charge in [-0.15, -0.1) is 0 Å². The Morgan fingerprint density at radius 1 is 1.21 bits per heavy atom. The van der Waals surface area contributed by atoms with Crippen molar-refractivity contribution in [2.45, 2.75) is 44.2 Å². The van der Waals surface area contributed by atoms with E-state index < -0.39 is 10.0 Å². The zero-order valence-electron chi connectivity index (χ0n) is 11.7. The van der Waals surface area contributed by atoms with Crippen LogP contribution in [0.1, 0.15) is 27.2 Å².